The zero-order valence-corrected chi connectivity index (χ0v) is 17.4. The first-order chi connectivity index (χ1) is 13.2. The number of hydrogen-bond donors (Lipinski definition) is 2. The molecule has 0 radical (unpaired) electrons. The van der Waals surface area contributed by atoms with Crippen LogP contribution in [0.4, 0.5) is 13.2 Å². The molecule has 2 N–H and O–H groups in total. The van der Waals surface area contributed by atoms with Gasteiger partial charge in [-0.3, -0.25) is 14.8 Å². The van der Waals surface area contributed by atoms with Crippen LogP contribution in [0.5, 0.6) is 0 Å². The Balaban J connectivity index is 2.20. The standard InChI is InChI=1S/C20H34F3N5/c1-17(28(4)15-18-9-6-5-7-10-18)11-13-26-19(24-2)25-12-8-14-27(3)16-20(21,22)23/h5-7,9-10,17H,8,11-16H2,1-4H3,(H2,24,25,26). The predicted molar refractivity (Wildman–Crippen MR) is 110 cm³/mol. The monoisotopic (exact) mass is 401 g/mol. The van der Waals surface area contributed by atoms with Gasteiger partial charge in [-0.05, 0) is 46.0 Å². The van der Waals surface area contributed by atoms with E-state index in [9.17, 15) is 13.2 Å². The average Bonchev–Trinajstić information content (AvgIpc) is 2.62. The van der Waals surface area contributed by atoms with Crippen molar-refractivity contribution < 1.29 is 13.2 Å². The second-order valence-electron chi connectivity index (χ2n) is 7.17. The van der Waals surface area contributed by atoms with Gasteiger partial charge >= 0.3 is 6.18 Å². The zero-order chi connectivity index (χ0) is 21.0. The van der Waals surface area contributed by atoms with Gasteiger partial charge in [-0.25, -0.2) is 0 Å². The molecule has 0 aliphatic rings. The van der Waals surface area contributed by atoms with Crippen molar-refractivity contribution in [3.63, 3.8) is 0 Å². The van der Waals surface area contributed by atoms with E-state index in [-0.39, 0.29) is 0 Å². The third-order valence-electron chi connectivity index (χ3n) is 4.56. The van der Waals surface area contributed by atoms with E-state index in [2.05, 4.69) is 46.6 Å². The molecule has 0 bridgehead atoms. The minimum atomic E-state index is -4.15. The summed E-state index contributed by atoms with van der Waals surface area (Å²) < 4.78 is 36.9. The molecule has 0 saturated heterocycles. The minimum absolute atomic E-state index is 0.380. The summed E-state index contributed by atoms with van der Waals surface area (Å²) in [5.74, 6) is 0.677. The van der Waals surface area contributed by atoms with E-state index < -0.39 is 12.7 Å². The van der Waals surface area contributed by atoms with E-state index in [4.69, 9.17) is 0 Å². The number of halogens is 3. The van der Waals surface area contributed by atoms with Crippen LogP contribution in [0, 0.1) is 0 Å². The van der Waals surface area contributed by atoms with Gasteiger partial charge in [-0.1, -0.05) is 30.3 Å². The molecule has 1 unspecified atom stereocenters. The molecule has 1 rings (SSSR count). The third kappa shape index (κ3) is 11.1. The molecule has 28 heavy (non-hydrogen) atoms. The van der Waals surface area contributed by atoms with Crippen LogP contribution in [-0.2, 0) is 6.54 Å². The van der Waals surface area contributed by atoms with Crippen LogP contribution in [0.3, 0.4) is 0 Å². The first kappa shape index (κ1) is 24.2. The fourth-order valence-corrected chi connectivity index (χ4v) is 2.81. The molecular formula is C20H34F3N5. The van der Waals surface area contributed by atoms with Crippen LogP contribution in [-0.4, -0.2) is 75.3 Å². The molecule has 0 heterocycles. The topological polar surface area (TPSA) is 42.9 Å². The Bertz CT molecular complexity index is 563. The van der Waals surface area contributed by atoms with Crippen molar-refractivity contribution in [2.75, 3.05) is 47.3 Å². The summed E-state index contributed by atoms with van der Waals surface area (Å²) in [6, 6.07) is 10.8. The van der Waals surface area contributed by atoms with Gasteiger partial charge in [-0.15, -0.1) is 0 Å². The number of hydrogen-bond acceptors (Lipinski definition) is 3. The molecule has 5 nitrogen and oxygen atoms in total. The van der Waals surface area contributed by atoms with Crippen LogP contribution in [0.25, 0.3) is 0 Å². The highest BCUT2D eigenvalue weighted by Gasteiger charge is 2.28. The Hall–Kier alpha value is -1.80. The third-order valence-corrected chi connectivity index (χ3v) is 4.56. The molecule has 1 aromatic carbocycles. The van der Waals surface area contributed by atoms with Gasteiger partial charge in [0.2, 0.25) is 0 Å². The molecule has 0 fully saturated rings. The highest BCUT2D eigenvalue weighted by Crippen LogP contribution is 2.15. The summed E-state index contributed by atoms with van der Waals surface area (Å²) >= 11 is 0. The lowest BCUT2D eigenvalue weighted by atomic mass is 10.1. The summed E-state index contributed by atoms with van der Waals surface area (Å²) in [6.45, 7) is 3.94. The van der Waals surface area contributed by atoms with E-state index in [0.717, 1.165) is 19.5 Å². The number of nitrogens with zero attached hydrogens (tertiary/aromatic N) is 3. The second kappa shape index (κ2) is 12.6. The Kier molecular flexibility index (Phi) is 10.9. The zero-order valence-electron chi connectivity index (χ0n) is 17.4. The molecule has 0 amide bonds. The van der Waals surface area contributed by atoms with Crippen molar-refractivity contribution in [2.45, 2.75) is 38.5 Å². The Morgan fingerprint density at radius 2 is 1.75 bits per heavy atom. The molecular weight excluding hydrogens is 367 g/mol. The number of benzene rings is 1. The number of alkyl halides is 3. The molecule has 1 atom stereocenters. The molecule has 0 aliphatic carbocycles. The summed E-state index contributed by atoms with van der Waals surface area (Å²) in [5, 5.41) is 6.41. The van der Waals surface area contributed by atoms with Crippen LogP contribution >= 0.6 is 0 Å². The maximum atomic E-state index is 12.3. The maximum absolute atomic E-state index is 12.3. The molecule has 0 aromatic heterocycles. The number of nitrogens with one attached hydrogen (secondary N) is 2. The Morgan fingerprint density at radius 3 is 2.36 bits per heavy atom. The maximum Gasteiger partial charge on any atom is 0.401 e. The van der Waals surface area contributed by atoms with Crippen LogP contribution < -0.4 is 10.6 Å². The minimum Gasteiger partial charge on any atom is -0.356 e. The van der Waals surface area contributed by atoms with Gasteiger partial charge in [0.1, 0.15) is 0 Å². The second-order valence-corrected chi connectivity index (χ2v) is 7.17. The fourth-order valence-electron chi connectivity index (χ4n) is 2.81. The van der Waals surface area contributed by atoms with Gasteiger partial charge in [0.05, 0.1) is 6.54 Å². The quantitative estimate of drug-likeness (QED) is 0.340. The van der Waals surface area contributed by atoms with Crippen LogP contribution in [0.15, 0.2) is 35.3 Å². The lowest BCUT2D eigenvalue weighted by molar-refractivity contribution is -0.143. The fraction of sp³-hybridized carbons (Fsp3) is 0.650. The first-order valence-electron chi connectivity index (χ1n) is 9.65. The smallest absolute Gasteiger partial charge is 0.356 e. The number of rotatable bonds is 11. The van der Waals surface area contributed by atoms with Crippen LogP contribution in [0.1, 0.15) is 25.3 Å². The highest BCUT2D eigenvalue weighted by atomic mass is 19.4. The van der Waals surface area contributed by atoms with Crippen molar-refractivity contribution in [2.24, 2.45) is 4.99 Å². The number of aliphatic imine (C=N–C) groups is 1. The van der Waals surface area contributed by atoms with E-state index in [1.165, 1.54) is 17.5 Å². The summed E-state index contributed by atoms with van der Waals surface area (Å²) in [7, 11) is 5.28. The lowest BCUT2D eigenvalue weighted by Crippen LogP contribution is -2.41. The van der Waals surface area contributed by atoms with E-state index >= 15 is 0 Å². The van der Waals surface area contributed by atoms with Crippen molar-refractivity contribution in [1.82, 2.24) is 20.4 Å². The van der Waals surface area contributed by atoms with Gasteiger partial charge in [0.25, 0.3) is 0 Å². The molecule has 8 heteroatoms. The summed E-state index contributed by atoms with van der Waals surface area (Å²) in [6.07, 6.45) is -2.58. The van der Waals surface area contributed by atoms with E-state index in [0.29, 0.717) is 31.5 Å². The van der Waals surface area contributed by atoms with Gasteiger partial charge in [0.15, 0.2) is 5.96 Å². The van der Waals surface area contributed by atoms with Crippen molar-refractivity contribution >= 4 is 5.96 Å². The first-order valence-corrected chi connectivity index (χ1v) is 9.65. The molecule has 1 aromatic rings. The van der Waals surface area contributed by atoms with Crippen molar-refractivity contribution in [1.29, 1.82) is 0 Å². The van der Waals surface area contributed by atoms with Crippen molar-refractivity contribution in [3.8, 4) is 0 Å². The molecule has 160 valence electrons. The lowest BCUT2D eigenvalue weighted by Gasteiger charge is -2.25. The molecule has 0 aliphatic heterocycles. The molecule has 0 spiro atoms. The SMILES string of the molecule is CN=C(NCCCN(C)CC(F)(F)F)NCCC(C)N(C)Cc1ccccc1. The highest BCUT2D eigenvalue weighted by molar-refractivity contribution is 5.79. The average molecular weight is 402 g/mol. The predicted octanol–water partition coefficient (Wildman–Crippen LogP) is 2.95. The van der Waals surface area contributed by atoms with Gasteiger partial charge < -0.3 is 10.6 Å². The summed E-state index contributed by atoms with van der Waals surface area (Å²) in [4.78, 5) is 7.75. The largest absolute Gasteiger partial charge is 0.401 e. The van der Waals surface area contributed by atoms with E-state index in [1.807, 2.05) is 18.2 Å². The normalized spacial score (nSPS) is 13.8. The van der Waals surface area contributed by atoms with Crippen LogP contribution in [0.2, 0.25) is 0 Å². The van der Waals surface area contributed by atoms with Gasteiger partial charge in [-0.2, -0.15) is 13.2 Å². The van der Waals surface area contributed by atoms with Gasteiger partial charge in [0, 0.05) is 32.7 Å². The summed E-state index contributed by atoms with van der Waals surface area (Å²) in [5.41, 5.74) is 1.29. The number of guanidine groups is 1. The Labute approximate surface area is 167 Å². The van der Waals surface area contributed by atoms with E-state index in [1.54, 1.807) is 7.05 Å². The Morgan fingerprint density at radius 1 is 1.11 bits per heavy atom. The molecule has 0 saturated carbocycles. The van der Waals surface area contributed by atoms with Crippen molar-refractivity contribution in [3.05, 3.63) is 35.9 Å².